The van der Waals surface area contributed by atoms with Crippen LogP contribution in [0.2, 0.25) is 0 Å². The Bertz CT molecular complexity index is 1210. The molecule has 1 amide bonds. The molecule has 0 aliphatic heterocycles. The van der Waals surface area contributed by atoms with Gasteiger partial charge in [0.25, 0.3) is 0 Å². The van der Waals surface area contributed by atoms with Crippen LogP contribution in [0.5, 0.6) is 0 Å². The highest BCUT2D eigenvalue weighted by molar-refractivity contribution is 5.96. The maximum absolute atomic E-state index is 14.3. The molecule has 0 saturated heterocycles. The average molecular weight is 368 g/mol. The van der Waals surface area contributed by atoms with Crippen LogP contribution in [0, 0.1) is 18.7 Å². The number of aromatic amines is 1. The van der Waals surface area contributed by atoms with Crippen molar-refractivity contribution in [1.29, 1.82) is 0 Å². The summed E-state index contributed by atoms with van der Waals surface area (Å²) in [4.78, 5) is 16.1. The summed E-state index contributed by atoms with van der Waals surface area (Å²) in [6.45, 7) is 1.69. The van der Waals surface area contributed by atoms with Gasteiger partial charge in [-0.3, -0.25) is 9.89 Å². The molecule has 4 aromatic rings. The molecule has 7 nitrogen and oxygen atoms in total. The first-order valence-electron chi connectivity index (χ1n) is 8.45. The number of benzene rings is 1. The second-order valence-electron chi connectivity index (χ2n) is 6.68. The van der Waals surface area contributed by atoms with E-state index in [9.17, 15) is 13.6 Å². The van der Waals surface area contributed by atoms with E-state index in [0.717, 1.165) is 5.39 Å². The van der Waals surface area contributed by atoms with Crippen molar-refractivity contribution in [3.05, 3.63) is 42.0 Å². The van der Waals surface area contributed by atoms with Gasteiger partial charge in [-0.15, -0.1) is 0 Å². The summed E-state index contributed by atoms with van der Waals surface area (Å²) in [5.74, 6) is -1.03. The quantitative estimate of drug-likeness (QED) is 0.582. The predicted octanol–water partition coefficient (Wildman–Crippen LogP) is 3.02. The van der Waals surface area contributed by atoms with Gasteiger partial charge in [0.15, 0.2) is 11.5 Å². The number of imidazole rings is 1. The fourth-order valence-electron chi connectivity index (χ4n) is 3.22. The number of carbonyl (C=O) groups excluding carboxylic acids is 1. The van der Waals surface area contributed by atoms with Gasteiger partial charge in [0.05, 0.1) is 29.5 Å². The van der Waals surface area contributed by atoms with Crippen LogP contribution in [-0.2, 0) is 4.79 Å². The van der Waals surface area contributed by atoms with Crippen molar-refractivity contribution in [3.63, 3.8) is 0 Å². The number of halogens is 2. The summed E-state index contributed by atoms with van der Waals surface area (Å²) < 4.78 is 28.8. The van der Waals surface area contributed by atoms with Crippen molar-refractivity contribution in [3.8, 4) is 11.3 Å². The van der Waals surface area contributed by atoms with E-state index in [1.54, 1.807) is 31.5 Å². The molecule has 1 fully saturated rings. The lowest BCUT2D eigenvalue weighted by atomic mass is 10.0. The third kappa shape index (κ3) is 2.54. The number of nitrogens with zero attached hydrogens (tertiary/aromatic N) is 4. The van der Waals surface area contributed by atoms with Crippen molar-refractivity contribution in [2.75, 3.05) is 5.32 Å². The first-order valence-corrected chi connectivity index (χ1v) is 8.45. The number of anilines is 1. The summed E-state index contributed by atoms with van der Waals surface area (Å²) in [6, 6.07) is 4.87. The highest BCUT2D eigenvalue weighted by atomic mass is 19.1. The molecular formula is C18H14F2N6O. The van der Waals surface area contributed by atoms with Crippen LogP contribution in [0.3, 0.4) is 0 Å². The van der Waals surface area contributed by atoms with Crippen molar-refractivity contribution >= 4 is 28.3 Å². The number of fused-ring (bicyclic) bond motifs is 2. The minimum absolute atomic E-state index is 0.251. The van der Waals surface area contributed by atoms with Crippen LogP contribution in [0.25, 0.3) is 27.8 Å². The summed E-state index contributed by atoms with van der Waals surface area (Å²) in [5.41, 5.74) is 2.75. The van der Waals surface area contributed by atoms with Crippen LogP contribution < -0.4 is 5.32 Å². The van der Waals surface area contributed by atoms with E-state index in [2.05, 4.69) is 25.6 Å². The maximum atomic E-state index is 14.3. The molecule has 9 heteroatoms. The minimum Gasteiger partial charge on any atom is -0.309 e. The molecule has 1 aromatic carbocycles. The summed E-state index contributed by atoms with van der Waals surface area (Å²) in [5, 5.41) is 14.6. The zero-order valence-electron chi connectivity index (χ0n) is 14.2. The SMILES string of the molecule is Cc1c(F)cc2[nH]ncc2c1-c1ccc2nc(NC(=O)[C@@H]3C[C@@H]3F)cn2n1. The van der Waals surface area contributed by atoms with E-state index in [1.165, 1.54) is 10.6 Å². The van der Waals surface area contributed by atoms with Gasteiger partial charge in [-0.25, -0.2) is 18.3 Å². The molecule has 1 aliphatic rings. The van der Waals surface area contributed by atoms with Gasteiger partial charge in [0.2, 0.25) is 5.91 Å². The molecule has 0 bridgehead atoms. The van der Waals surface area contributed by atoms with Gasteiger partial charge in [0, 0.05) is 10.9 Å². The third-order valence-corrected chi connectivity index (χ3v) is 4.82. The second-order valence-corrected chi connectivity index (χ2v) is 6.68. The number of H-pyrrole nitrogens is 1. The van der Waals surface area contributed by atoms with Crippen molar-refractivity contribution in [2.45, 2.75) is 19.5 Å². The molecule has 5 rings (SSSR count). The number of carbonyl (C=O) groups is 1. The normalized spacial score (nSPS) is 18.9. The molecule has 136 valence electrons. The summed E-state index contributed by atoms with van der Waals surface area (Å²) in [7, 11) is 0. The van der Waals surface area contributed by atoms with Crippen LogP contribution in [0.15, 0.2) is 30.6 Å². The van der Waals surface area contributed by atoms with Crippen molar-refractivity contribution in [1.82, 2.24) is 24.8 Å². The number of nitrogens with one attached hydrogen (secondary N) is 2. The Balaban J connectivity index is 1.56. The Kier molecular flexibility index (Phi) is 3.27. The molecule has 2 atom stereocenters. The fourth-order valence-corrected chi connectivity index (χ4v) is 3.22. The molecule has 3 aromatic heterocycles. The molecule has 3 heterocycles. The fraction of sp³-hybridized carbons (Fsp3) is 0.222. The largest absolute Gasteiger partial charge is 0.309 e. The van der Waals surface area contributed by atoms with Gasteiger partial charge in [-0.05, 0) is 37.1 Å². The van der Waals surface area contributed by atoms with E-state index in [-0.39, 0.29) is 18.1 Å². The highest BCUT2D eigenvalue weighted by Gasteiger charge is 2.43. The number of alkyl halides is 1. The first kappa shape index (κ1) is 15.9. The molecule has 1 aliphatic carbocycles. The third-order valence-electron chi connectivity index (χ3n) is 4.82. The number of amides is 1. The Morgan fingerprint density at radius 1 is 1.41 bits per heavy atom. The predicted molar refractivity (Wildman–Crippen MR) is 94.4 cm³/mol. The maximum Gasteiger partial charge on any atom is 0.231 e. The van der Waals surface area contributed by atoms with Crippen LogP contribution in [0.1, 0.15) is 12.0 Å². The number of hydrogen-bond acceptors (Lipinski definition) is 4. The van der Waals surface area contributed by atoms with E-state index < -0.39 is 12.1 Å². The minimum atomic E-state index is -1.07. The van der Waals surface area contributed by atoms with Gasteiger partial charge in [-0.1, -0.05) is 0 Å². The first-order chi connectivity index (χ1) is 13.0. The smallest absolute Gasteiger partial charge is 0.231 e. The average Bonchev–Trinajstić information content (AvgIpc) is 3.02. The Hall–Kier alpha value is -3.36. The van der Waals surface area contributed by atoms with E-state index in [4.69, 9.17) is 0 Å². The molecule has 1 saturated carbocycles. The van der Waals surface area contributed by atoms with Crippen LogP contribution >= 0.6 is 0 Å². The summed E-state index contributed by atoms with van der Waals surface area (Å²) in [6.07, 6.45) is 2.36. The van der Waals surface area contributed by atoms with E-state index >= 15 is 0 Å². The Morgan fingerprint density at radius 3 is 3.00 bits per heavy atom. The number of rotatable bonds is 3. The topological polar surface area (TPSA) is 88.0 Å². The molecule has 0 radical (unpaired) electrons. The van der Waals surface area contributed by atoms with Gasteiger partial charge < -0.3 is 5.32 Å². The van der Waals surface area contributed by atoms with Gasteiger partial charge in [-0.2, -0.15) is 10.2 Å². The van der Waals surface area contributed by atoms with Crippen LogP contribution in [-0.4, -0.2) is 36.9 Å². The summed E-state index contributed by atoms with van der Waals surface area (Å²) >= 11 is 0. The Labute approximate surface area is 151 Å². The number of hydrogen-bond donors (Lipinski definition) is 2. The molecular weight excluding hydrogens is 354 g/mol. The lowest BCUT2D eigenvalue weighted by Gasteiger charge is -2.08. The molecule has 0 unspecified atom stereocenters. The lowest BCUT2D eigenvalue weighted by Crippen LogP contribution is -2.15. The van der Waals surface area contributed by atoms with Crippen LogP contribution in [0.4, 0.5) is 14.6 Å². The van der Waals surface area contributed by atoms with Crippen molar-refractivity contribution < 1.29 is 13.6 Å². The number of aromatic nitrogens is 5. The van der Waals surface area contributed by atoms with Gasteiger partial charge in [0.1, 0.15) is 12.0 Å². The van der Waals surface area contributed by atoms with Crippen molar-refractivity contribution in [2.24, 2.45) is 5.92 Å². The second kappa shape index (κ2) is 5.57. The van der Waals surface area contributed by atoms with E-state index in [0.29, 0.717) is 33.8 Å². The molecule has 2 N–H and O–H groups in total. The zero-order valence-corrected chi connectivity index (χ0v) is 14.2. The van der Waals surface area contributed by atoms with E-state index in [1.807, 2.05) is 0 Å². The monoisotopic (exact) mass is 368 g/mol. The molecule has 0 spiro atoms. The highest BCUT2D eigenvalue weighted by Crippen LogP contribution is 2.35. The standard InChI is InChI=1S/C18H14F2N6O/c1-8-11(19)5-14-10(6-21-24-14)17(8)13-2-3-16-22-15(7-26(16)25-13)23-18(27)9-4-12(9)20/h2-3,5-7,9,12H,4H2,1H3,(H,21,24)(H,23,27)/t9-,12+/m1/s1. The Morgan fingerprint density at radius 2 is 2.22 bits per heavy atom. The lowest BCUT2D eigenvalue weighted by molar-refractivity contribution is -0.117. The van der Waals surface area contributed by atoms with Gasteiger partial charge >= 0.3 is 0 Å². The molecule has 27 heavy (non-hydrogen) atoms. The zero-order chi connectivity index (χ0) is 18.7.